The monoisotopic (exact) mass is 418 g/mol. The summed E-state index contributed by atoms with van der Waals surface area (Å²) in [6.07, 6.45) is 3.01. The molecule has 0 aliphatic rings. The van der Waals surface area contributed by atoms with Crippen molar-refractivity contribution in [2.45, 2.75) is 4.90 Å². The summed E-state index contributed by atoms with van der Waals surface area (Å²) in [5.41, 5.74) is 1.19. The summed E-state index contributed by atoms with van der Waals surface area (Å²) in [7, 11) is -3.88. The van der Waals surface area contributed by atoms with Gasteiger partial charge in [-0.1, -0.05) is 53.5 Å². The molecule has 0 radical (unpaired) electrons. The fourth-order valence-corrected chi connectivity index (χ4v) is 3.94. The Morgan fingerprint density at radius 1 is 0.926 bits per heavy atom. The molecule has 2 aromatic heterocycles. The molecule has 0 bridgehead atoms. The van der Waals surface area contributed by atoms with Crippen LogP contribution in [0.3, 0.4) is 0 Å². The van der Waals surface area contributed by atoms with Crippen molar-refractivity contribution in [1.82, 2.24) is 14.4 Å². The third-order valence-corrected chi connectivity index (χ3v) is 5.65. The van der Waals surface area contributed by atoms with E-state index in [-0.39, 0.29) is 10.7 Å². The lowest BCUT2D eigenvalue weighted by Gasteiger charge is -2.10. The van der Waals surface area contributed by atoms with E-state index in [9.17, 15) is 8.42 Å². The standard InChI is InChI=1S/C18H12Cl2N4O2S/c19-13-6-8-15(9-7-13)27(25,26)23-17-16(12-4-2-1-3-5-12)22-18-21-10-14(20)11-24(17)18/h1-11,23H. The Bertz CT molecular complexity index is 1220. The molecule has 0 atom stereocenters. The van der Waals surface area contributed by atoms with E-state index in [1.54, 1.807) is 6.20 Å². The molecule has 0 spiro atoms. The topological polar surface area (TPSA) is 76.4 Å². The van der Waals surface area contributed by atoms with Crippen molar-refractivity contribution >= 4 is 44.8 Å². The number of rotatable bonds is 4. The Hall–Kier alpha value is -2.61. The number of nitrogens with one attached hydrogen (secondary N) is 1. The molecule has 4 aromatic rings. The first-order valence-corrected chi connectivity index (χ1v) is 10.1. The Morgan fingerprint density at radius 3 is 2.33 bits per heavy atom. The number of hydrogen-bond acceptors (Lipinski definition) is 4. The van der Waals surface area contributed by atoms with Crippen molar-refractivity contribution in [1.29, 1.82) is 0 Å². The van der Waals surface area contributed by atoms with Crippen LogP contribution >= 0.6 is 23.2 Å². The highest BCUT2D eigenvalue weighted by molar-refractivity contribution is 7.92. The van der Waals surface area contributed by atoms with Gasteiger partial charge in [-0.15, -0.1) is 0 Å². The number of fused-ring (bicyclic) bond motifs is 1. The average Bonchev–Trinajstić information content (AvgIpc) is 3.00. The Labute approximate surface area is 165 Å². The number of anilines is 1. The Kier molecular flexibility index (Phi) is 4.51. The first kappa shape index (κ1) is 17.8. The van der Waals surface area contributed by atoms with Crippen LogP contribution in [0.2, 0.25) is 10.0 Å². The van der Waals surface area contributed by atoms with Gasteiger partial charge in [0.1, 0.15) is 5.69 Å². The summed E-state index contributed by atoms with van der Waals surface area (Å²) in [5.74, 6) is 0.577. The van der Waals surface area contributed by atoms with E-state index in [2.05, 4.69) is 14.7 Å². The lowest BCUT2D eigenvalue weighted by atomic mass is 10.1. The molecule has 0 aliphatic carbocycles. The minimum Gasteiger partial charge on any atom is -0.267 e. The van der Waals surface area contributed by atoms with Crippen molar-refractivity contribution < 1.29 is 8.42 Å². The molecular formula is C18H12Cl2N4O2S. The molecule has 4 rings (SSSR count). The van der Waals surface area contributed by atoms with Gasteiger partial charge in [0.05, 0.1) is 16.1 Å². The maximum absolute atomic E-state index is 12.9. The van der Waals surface area contributed by atoms with E-state index < -0.39 is 10.0 Å². The zero-order valence-electron chi connectivity index (χ0n) is 13.7. The summed E-state index contributed by atoms with van der Waals surface area (Å²) in [6.45, 7) is 0. The Morgan fingerprint density at radius 2 is 1.63 bits per heavy atom. The number of halogens is 2. The van der Waals surface area contributed by atoms with Crippen LogP contribution in [0.15, 0.2) is 71.9 Å². The minimum absolute atomic E-state index is 0.0795. The maximum Gasteiger partial charge on any atom is 0.263 e. The van der Waals surface area contributed by atoms with Gasteiger partial charge in [-0.05, 0) is 24.3 Å². The van der Waals surface area contributed by atoms with E-state index in [0.29, 0.717) is 21.5 Å². The Balaban J connectivity index is 1.89. The van der Waals surface area contributed by atoms with Crippen molar-refractivity contribution in [3.8, 4) is 11.3 Å². The molecular weight excluding hydrogens is 407 g/mol. The molecule has 0 saturated carbocycles. The van der Waals surface area contributed by atoms with E-state index in [1.165, 1.54) is 34.9 Å². The lowest BCUT2D eigenvalue weighted by molar-refractivity contribution is 0.601. The largest absolute Gasteiger partial charge is 0.267 e. The zero-order valence-corrected chi connectivity index (χ0v) is 16.0. The van der Waals surface area contributed by atoms with E-state index in [4.69, 9.17) is 23.2 Å². The fourth-order valence-electron chi connectivity index (χ4n) is 2.61. The molecule has 27 heavy (non-hydrogen) atoms. The van der Waals surface area contributed by atoms with Gasteiger partial charge in [0.15, 0.2) is 5.82 Å². The van der Waals surface area contributed by atoms with Crippen molar-refractivity contribution in [3.63, 3.8) is 0 Å². The van der Waals surface area contributed by atoms with E-state index in [0.717, 1.165) is 5.56 Å². The van der Waals surface area contributed by atoms with Gasteiger partial charge in [0.2, 0.25) is 5.78 Å². The molecule has 0 fully saturated rings. The molecule has 0 aliphatic heterocycles. The smallest absolute Gasteiger partial charge is 0.263 e. The molecule has 6 nitrogen and oxygen atoms in total. The third-order valence-electron chi connectivity index (χ3n) is 3.85. The average molecular weight is 419 g/mol. The maximum atomic E-state index is 12.9. The fraction of sp³-hybridized carbons (Fsp3) is 0. The van der Waals surface area contributed by atoms with Gasteiger partial charge < -0.3 is 0 Å². The predicted octanol–water partition coefficient (Wildman–Crippen LogP) is 4.50. The van der Waals surface area contributed by atoms with Crippen LogP contribution in [0, 0.1) is 0 Å². The second-order valence-corrected chi connectivity index (χ2v) is 8.23. The summed E-state index contributed by atoms with van der Waals surface area (Å²) >= 11 is 11.9. The van der Waals surface area contributed by atoms with Crippen LogP contribution in [0.5, 0.6) is 0 Å². The van der Waals surface area contributed by atoms with E-state index >= 15 is 0 Å². The van der Waals surface area contributed by atoms with Gasteiger partial charge in [-0.3, -0.25) is 9.12 Å². The summed E-state index contributed by atoms with van der Waals surface area (Å²) in [4.78, 5) is 8.71. The molecule has 0 amide bonds. The second-order valence-electron chi connectivity index (χ2n) is 5.68. The van der Waals surface area contributed by atoms with Gasteiger partial charge in [-0.2, -0.15) is 0 Å². The summed E-state index contributed by atoms with van der Waals surface area (Å²) in [6, 6.07) is 15.1. The second kappa shape index (κ2) is 6.84. The first-order chi connectivity index (χ1) is 12.9. The molecule has 2 aromatic carbocycles. The van der Waals surface area contributed by atoms with Crippen LogP contribution in [-0.2, 0) is 10.0 Å². The van der Waals surface area contributed by atoms with Crippen molar-refractivity contribution in [2.24, 2.45) is 0 Å². The highest BCUT2D eigenvalue weighted by Crippen LogP contribution is 2.30. The SMILES string of the molecule is O=S(=O)(Nc1c(-c2ccccc2)nc2ncc(Cl)cn12)c1ccc(Cl)cc1. The molecule has 1 N–H and O–H groups in total. The van der Waals surface area contributed by atoms with Crippen LogP contribution in [-0.4, -0.2) is 22.8 Å². The van der Waals surface area contributed by atoms with E-state index in [1.807, 2.05) is 30.3 Å². The van der Waals surface area contributed by atoms with Crippen LogP contribution in [0.25, 0.3) is 17.0 Å². The normalized spacial score (nSPS) is 11.6. The molecule has 0 saturated heterocycles. The molecule has 9 heteroatoms. The number of sulfonamides is 1. The predicted molar refractivity (Wildman–Crippen MR) is 106 cm³/mol. The molecule has 136 valence electrons. The minimum atomic E-state index is -3.88. The highest BCUT2D eigenvalue weighted by atomic mass is 35.5. The van der Waals surface area contributed by atoms with Crippen LogP contribution in [0.1, 0.15) is 0 Å². The van der Waals surface area contributed by atoms with Gasteiger partial charge in [0, 0.05) is 16.8 Å². The third kappa shape index (κ3) is 3.49. The first-order valence-electron chi connectivity index (χ1n) is 7.81. The van der Waals surface area contributed by atoms with Crippen LogP contribution < -0.4 is 4.72 Å². The number of hydrogen-bond donors (Lipinski definition) is 1. The van der Waals surface area contributed by atoms with Crippen LogP contribution in [0.4, 0.5) is 5.82 Å². The van der Waals surface area contributed by atoms with Crippen molar-refractivity contribution in [2.75, 3.05) is 4.72 Å². The number of nitrogens with zero attached hydrogens (tertiary/aromatic N) is 3. The van der Waals surface area contributed by atoms with Gasteiger partial charge in [-0.25, -0.2) is 18.4 Å². The zero-order chi connectivity index (χ0) is 19.0. The molecule has 2 heterocycles. The van der Waals surface area contributed by atoms with Crippen molar-refractivity contribution in [3.05, 3.63) is 77.0 Å². The lowest BCUT2D eigenvalue weighted by Crippen LogP contribution is -2.15. The molecule has 0 unspecified atom stereocenters. The van der Waals surface area contributed by atoms with Gasteiger partial charge in [0.25, 0.3) is 10.0 Å². The summed E-state index contributed by atoms with van der Waals surface area (Å²) < 4.78 is 29.9. The quantitative estimate of drug-likeness (QED) is 0.528. The number of imidazole rings is 1. The summed E-state index contributed by atoms with van der Waals surface area (Å²) in [5, 5.41) is 0.802. The number of benzene rings is 2. The van der Waals surface area contributed by atoms with Gasteiger partial charge >= 0.3 is 0 Å². The number of aromatic nitrogens is 3. The highest BCUT2D eigenvalue weighted by Gasteiger charge is 2.22.